The van der Waals surface area contributed by atoms with E-state index in [1.807, 2.05) is 30.3 Å². The van der Waals surface area contributed by atoms with Crippen LogP contribution in [0.5, 0.6) is 0 Å². The van der Waals surface area contributed by atoms with E-state index in [0.29, 0.717) is 6.42 Å². The van der Waals surface area contributed by atoms with Gasteiger partial charge in [-0.25, -0.2) is 9.59 Å². The zero-order valence-electron chi connectivity index (χ0n) is 16.3. The molecule has 7 heteroatoms. The molecule has 27 heavy (non-hydrogen) atoms. The first-order chi connectivity index (χ1) is 12.7. The Balaban J connectivity index is 2.70. The molecule has 1 aromatic carbocycles. The second-order valence-electron chi connectivity index (χ2n) is 6.79. The lowest BCUT2D eigenvalue weighted by atomic mass is 10.1. The van der Waals surface area contributed by atoms with Crippen molar-refractivity contribution < 1.29 is 23.9 Å². The van der Waals surface area contributed by atoms with Crippen molar-refractivity contribution in [1.82, 2.24) is 10.6 Å². The summed E-state index contributed by atoms with van der Waals surface area (Å²) in [7, 11) is 0. The first-order valence-electron chi connectivity index (χ1n) is 8.85. The van der Waals surface area contributed by atoms with Crippen molar-refractivity contribution in [3.05, 3.63) is 48.0 Å². The standard InChI is InChI=1S/C20H28N2O5/c1-5-26-17(23)12-9-13-21-18(24)16(14-15-10-7-6-8-11-15)22-19(25)27-20(2,3)4/h6-12,16H,5,13-14H2,1-4H3,(H,21,24)(H,22,25)/b12-9+/t16-/m0/s1. The smallest absolute Gasteiger partial charge is 0.408 e. The molecule has 148 valence electrons. The fourth-order valence-electron chi connectivity index (χ4n) is 2.14. The van der Waals surface area contributed by atoms with E-state index < -0.39 is 23.7 Å². The molecule has 0 saturated heterocycles. The van der Waals surface area contributed by atoms with Crippen LogP contribution in [0.25, 0.3) is 0 Å². The van der Waals surface area contributed by atoms with Gasteiger partial charge in [0, 0.05) is 19.0 Å². The van der Waals surface area contributed by atoms with Crippen molar-refractivity contribution in [2.45, 2.75) is 45.8 Å². The molecule has 2 N–H and O–H groups in total. The molecule has 0 spiro atoms. The van der Waals surface area contributed by atoms with Crippen LogP contribution in [-0.4, -0.2) is 42.8 Å². The van der Waals surface area contributed by atoms with Gasteiger partial charge in [-0.15, -0.1) is 0 Å². The summed E-state index contributed by atoms with van der Waals surface area (Å²) >= 11 is 0. The Morgan fingerprint density at radius 3 is 2.41 bits per heavy atom. The number of benzene rings is 1. The minimum atomic E-state index is -0.807. The molecule has 0 aliphatic rings. The molecule has 1 atom stereocenters. The summed E-state index contributed by atoms with van der Waals surface area (Å²) in [5, 5.41) is 5.27. The molecule has 0 aliphatic heterocycles. The van der Waals surface area contributed by atoms with Gasteiger partial charge in [-0.1, -0.05) is 36.4 Å². The minimum absolute atomic E-state index is 0.138. The molecule has 0 heterocycles. The van der Waals surface area contributed by atoms with Gasteiger partial charge in [0.25, 0.3) is 0 Å². The first kappa shape index (κ1) is 22.2. The summed E-state index contributed by atoms with van der Waals surface area (Å²) in [5.74, 6) is -0.849. The molecule has 2 amide bonds. The largest absolute Gasteiger partial charge is 0.463 e. The van der Waals surface area contributed by atoms with E-state index in [-0.39, 0.29) is 19.1 Å². The number of alkyl carbamates (subject to hydrolysis) is 1. The van der Waals surface area contributed by atoms with E-state index in [0.717, 1.165) is 5.56 Å². The van der Waals surface area contributed by atoms with E-state index in [4.69, 9.17) is 9.47 Å². The zero-order chi connectivity index (χ0) is 20.3. The van der Waals surface area contributed by atoms with Gasteiger partial charge in [0.05, 0.1) is 6.61 Å². The maximum Gasteiger partial charge on any atom is 0.408 e. The summed E-state index contributed by atoms with van der Waals surface area (Å²) in [6.45, 7) is 7.38. The van der Waals surface area contributed by atoms with Crippen LogP contribution < -0.4 is 10.6 Å². The summed E-state index contributed by atoms with van der Waals surface area (Å²) in [4.78, 5) is 35.8. The van der Waals surface area contributed by atoms with Crippen LogP contribution in [0.3, 0.4) is 0 Å². The van der Waals surface area contributed by atoms with Gasteiger partial charge in [-0.05, 0) is 33.3 Å². The summed E-state index contributed by atoms with van der Waals surface area (Å²) in [6.07, 6.45) is 2.38. The molecule has 0 saturated carbocycles. The van der Waals surface area contributed by atoms with Gasteiger partial charge < -0.3 is 20.1 Å². The zero-order valence-corrected chi connectivity index (χ0v) is 16.3. The van der Waals surface area contributed by atoms with Gasteiger partial charge in [-0.3, -0.25) is 4.79 Å². The van der Waals surface area contributed by atoms with Crippen molar-refractivity contribution in [3.63, 3.8) is 0 Å². The third-order valence-electron chi connectivity index (χ3n) is 3.22. The molecule has 0 aromatic heterocycles. The number of hydrogen-bond acceptors (Lipinski definition) is 5. The fourth-order valence-corrected chi connectivity index (χ4v) is 2.14. The summed E-state index contributed by atoms with van der Waals surface area (Å²) in [6, 6.07) is 8.54. The third-order valence-corrected chi connectivity index (χ3v) is 3.22. The summed E-state index contributed by atoms with van der Waals surface area (Å²) < 4.78 is 10.00. The first-order valence-corrected chi connectivity index (χ1v) is 8.85. The van der Waals surface area contributed by atoms with Gasteiger partial charge in [-0.2, -0.15) is 0 Å². The SMILES string of the molecule is CCOC(=O)/C=C/CNC(=O)[C@H](Cc1ccccc1)NC(=O)OC(C)(C)C. The summed E-state index contributed by atoms with van der Waals surface area (Å²) in [5.41, 5.74) is 0.232. The van der Waals surface area contributed by atoms with E-state index in [2.05, 4.69) is 10.6 Å². The van der Waals surface area contributed by atoms with Crippen molar-refractivity contribution >= 4 is 18.0 Å². The van der Waals surface area contributed by atoms with Crippen molar-refractivity contribution in [2.75, 3.05) is 13.2 Å². The van der Waals surface area contributed by atoms with Crippen LogP contribution >= 0.6 is 0 Å². The van der Waals surface area contributed by atoms with Crippen LogP contribution in [0, 0.1) is 0 Å². The van der Waals surface area contributed by atoms with Crippen LogP contribution in [0.4, 0.5) is 4.79 Å². The lowest BCUT2D eigenvalue weighted by Gasteiger charge is -2.23. The van der Waals surface area contributed by atoms with Crippen molar-refractivity contribution in [3.8, 4) is 0 Å². The lowest BCUT2D eigenvalue weighted by molar-refractivity contribution is -0.137. The highest BCUT2D eigenvalue weighted by Gasteiger charge is 2.24. The molecule has 1 aromatic rings. The van der Waals surface area contributed by atoms with Crippen molar-refractivity contribution in [2.24, 2.45) is 0 Å². The van der Waals surface area contributed by atoms with Crippen LogP contribution in [0.15, 0.2) is 42.5 Å². The van der Waals surface area contributed by atoms with Gasteiger partial charge in [0.1, 0.15) is 11.6 Å². The Labute approximate surface area is 160 Å². The predicted molar refractivity (Wildman–Crippen MR) is 102 cm³/mol. The van der Waals surface area contributed by atoms with Crippen LogP contribution in [0.2, 0.25) is 0 Å². The third kappa shape index (κ3) is 10.0. The highest BCUT2D eigenvalue weighted by Crippen LogP contribution is 2.08. The minimum Gasteiger partial charge on any atom is -0.463 e. The molecule has 0 aliphatic carbocycles. The number of esters is 1. The number of hydrogen-bond donors (Lipinski definition) is 2. The van der Waals surface area contributed by atoms with E-state index in [1.165, 1.54) is 12.2 Å². The Kier molecular flexibility index (Phi) is 9.05. The quantitative estimate of drug-likeness (QED) is 0.537. The maximum absolute atomic E-state index is 12.5. The number of carbonyl (C=O) groups is 3. The van der Waals surface area contributed by atoms with Crippen LogP contribution in [0.1, 0.15) is 33.3 Å². The van der Waals surface area contributed by atoms with Crippen LogP contribution in [-0.2, 0) is 25.5 Å². The molecule has 1 rings (SSSR count). The van der Waals surface area contributed by atoms with E-state index in [1.54, 1.807) is 27.7 Å². The molecule has 0 bridgehead atoms. The lowest BCUT2D eigenvalue weighted by Crippen LogP contribution is -2.49. The second kappa shape index (κ2) is 11.0. The molecular formula is C20H28N2O5. The molecule has 0 fully saturated rings. The number of ether oxygens (including phenoxy) is 2. The molecule has 7 nitrogen and oxygen atoms in total. The number of carbonyl (C=O) groups excluding carboxylic acids is 3. The number of amides is 2. The average Bonchev–Trinajstić information content (AvgIpc) is 2.57. The Bertz CT molecular complexity index is 650. The highest BCUT2D eigenvalue weighted by atomic mass is 16.6. The molecule has 0 radical (unpaired) electrons. The average molecular weight is 376 g/mol. The van der Waals surface area contributed by atoms with Gasteiger partial charge >= 0.3 is 12.1 Å². The van der Waals surface area contributed by atoms with Crippen molar-refractivity contribution in [1.29, 1.82) is 0 Å². The number of rotatable bonds is 8. The van der Waals surface area contributed by atoms with Gasteiger partial charge in [0.15, 0.2) is 0 Å². The normalized spacial score (nSPS) is 12.3. The maximum atomic E-state index is 12.5. The Morgan fingerprint density at radius 2 is 1.81 bits per heavy atom. The predicted octanol–water partition coefficient (Wildman–Crippen LogP) is 2.36. The fraction of sp³-hybridized carbons (Fsp3) is 0.450. The Morgan fingerprint density at radius 1 is 1.15 bits per heavy atom. The van der Waals surface area contributed by atoms with Gasteiger partial charge in [0.2, 0.25) is 5.91 Å². The topological polar surface area (TPSA) is 93.7 Å². The number of nitrogens with one attached hydrogen (secondary N) is 2. The van der Waals surface area contributed by atoms with E-state index in [9.17, 15) is 14.4 Å². The monoisotopic (exact) mass is 376 g/mol. The van der Waals surface area contributed by atoms with E-state index >= 15 is 0 Å². The molecular weight excluding hydrogens is 348 g/mol. The second-order valence-corrected chi connectivity index (χ2v) is 6.79. The molecule has 0 unspecified atom stereocenters. The Hall–Kier alpha value is -2.83. The highest BCUT2D eigenvalue weighted by molar-refractivity contribution is 5.86.